The molecule has 1 amide bonds. The van der Waals surface area contributed by atoms with Crippen LogP contribution in [0.5, 0.6) is 5.75 Å². The first-order chi connectivity index (χ1) is 16.0. The number of methoxy groups -OCH3 is 1. The summed E-state index contributed by atoms with van der Waals surface area (Å²) < 4.78 is 19.9. The lowest BCUT2D eigenvalue weighted by molar-refractivity contribution is -0.129. The number of aromatic nitrogens is 2. The maximum atomic E-state index is 14.6. The summed E-state index contributed by atoms with van der Waals surface area (Å²) in [5.41, 5.74) is 4.92. The quantitative estimate of drug-likeness (QED) is 0.577. The number of nitrogens with zero attached hydrogens (tertiary/aromatic N) is 5. The first-order valence-corrected chi connectivity index (χ1v) is 10.9. The molecule has 0 unspecified atom stereocenters. The summed E-state index contributed by atoms with van der Waals surface area (Å²) in [6, 6.07) is 11.5. The molecule has 7 nitrogen and oxygen atoms in total. The molecule has 2 aromatic heterocycles. The Labute approximate surface area is 191 Å². The summed E-state index contributed by atoms with van der Waals surface area (Å²) in [7, 11) is 1.52. The second-order valence-corrected chi connectivity index (χ2v) is 8.11. The van der Waals surface area contributed by atoms with Gasteiger partial charge >= 0.3 is 0 Å². The van der Waals surface area contributed by atoms with Gasteiger partial charge in [-0.2, -0.15) is 4.39 Å². The van der Waals surface area contributed by atoms with Crippen LogP contribution in [0.25, 0.3) is 11.1 Å². The van der Waals surface area contributed by atoms with Crippen molar-refractivity contribution in [3.8, 4) is 16.9 Å². The molecule has 5 rings (SSSR count). The van der Waals surface area contributed by atoms with E-state index < -0.39 is 5.95 Å². The molecule has 168 valence electrons. The molecule has 0 bridgehead atoms. The predicted molar refractivity (Wildman–Crippen MR) is 124 cm³/mol. The molecule has 0 saturated carbocycles. The Balaban J connectivity index is 1.46. The Morgan fingerprint density at radius 3 is 2.55 bits per heavy atom. The summed E-state index contributed by atoms with van der Waals surface area (Å²) in [6.07, 6.45) is 3.18. The number of piperazine rings is 1. The Bertz CT molecular complexity index is 1250. The molecule has 0 N–H and O–H groups in total. The van der Waals surface area contributed by atoms with Crippen LogP contribution in [-0.2, 0) is 11.3 Å². The predicted octanol–water partition coefficient (Wildman–Crippen LogP) is 3.31. The second-order valence-electron chi connectivity index (χ2n) is 8.11. The highest BCUT2D eigenvalue weighted by Crippen LogP contribution is 2.35. The van der Waals surface area contributed by atoms with Crippen LogP contribution in [0, 0.1) is 5.95 Å². The molecule has 4 heterocycles. The van der Waals surface area contributed by atoms with Crippen LogP contribution >= 0.6 is 0 Å². The molecule has 0 aliphatic carbocycles. The van der Waals surface area contributed by atoms with Crippen LogP contribution < -0.4 is 9.64 Å². The van der Waals surface area contributed by atoms with Gasteiger partial charge in [0.1, 0.15) is 11.6 Å². The van der Waals surface area contributed by atoms with E-state index in [0.29, 0.717) is 36.5 Å². The molecule has 2 aliphatic heterocycles. The van der Waals surface area contributed by atoms with Crippen molar-refractivity contribution >= 4 is 17.4 Å². The number of fused-ring (bicyclic) bond motifs is 1. The van der Waals surface area contributed by atoms with Gasteiger partial charge < -0.3 is 14.5 Å². The van der Waals surface area contributed by atoms with Crippen molar-refractivity contribution in [3.05, 3.63) is 71.4 Å². The smallest absolute Gasteiger partial charge is 0.224 e. The molecular formula is C25H24FN5O2. The van der Waals surface area contributed by atoms with Gasteiger partial charge in [0.15, 0.2) is 0 Å². The number of carbonyl (C=O) groups excluding carboxylic acids is 1. The Kier molecular flexibility index (Phi) is 5.50. The number of ether oxygens (including phenoxy) is 1. The van der Waals surface area contributed by atoms with Crippen LogP contribution in [0.3, 0.4) is 0 Å². The molecular weight excluding hydrogens is 421 g/mol. The van der Waals surface area contributed by atoms with Crippen molar-refractivity contribution in [1.82, 2.24) is 14.9 Å². The number of amides is 1. The minimum Gasteiger partial charge on any atom is -0.496 e. The van der Waals surface area contributed by atoms with E-state index in [9.17, 15) is 9.18 Å². The molecule has 2 aliphatic rings. The Hall–Kier alpha value is -3.81. The molecule has 33 heavy (non-hydrogen) atoms. The lowest BCUT2D eigenvalue weighted by Gasteiger charge is -2.35. The fourth-order valence-electron chi connectivity index (χ4n) is 4.43. The van der Waals surface area contributed by atoms with Gasteiger partial charge in [0.05, 0.1) is 24.9 Å². The number of pyridine rings is 2. The van der Waals surface area contributed by atoms with Gasteiger partial charge in [-0.3, -0.25) is 9.79 Å². The van der Waals surface area contributed by atoms with Gasteiger partial charge in [-0.1, -0.05) is 12.1 Å². The molecule has 0 spiro atoms. The molecule has 0 atom stereocenters. The van der Waals surface area contributed by atoms with Crippen LogP contribution in [0.2, 0.25) is 0 Å². The molecule has 1 fully saturated rings. The van der Waals surface area contributed by atoms with Crippen molar-refractivity contribution < 1.29 is 13.9 Å². The van der Waals surface area contributed by atoms with Gasteiger partial charge in [-0.25, -0.2) is 9.97 Å². The SMILES string of the molecule is COc1ccnc(F)c1-c1ccc2c(c1)C(c1ccnc(N3CCN(C(C)=O)CC3)c1)=NC2. The van der Waals surface area contributed by atoms with Gasteiger partial charge in [0.2, 0.25) is 11.9 Å². The highest BCUT2D eigenvalue weighted by Gasteiger charge is 2.23. The van der Waals surface area contributed by atoms with Gasteiger partial charge in [0, 0.05) is 56.6 Å². The maximum Gasteiger partial charge on any atom is 0.224 e. The van der Waals surface area contributed by atoms with E-state index in [1.165, 1.54) is 13.3 Å². The van der Waals surface area contributed by atoms with E-state index in [4.69, 9.17) is 9.73 Å². The summed E-state index contributed by atoms with van der Waals surface area (Å²) in [5, 5.41) is 0. The number of aliphatic imine (C=N–C) groups is 1. The largest absolute Gasteiger partial charge is 0.496 e. The van der Waals surface area contributed by atoms with Crippen molar-refractivity contribution in [2.24, 2.45) is 4.99 Å². The molecule has 1 saturated heterocycles. The summed E-state index contributed by atoms with van der Waals surface area (Å²) >= 11 is 0. The summed E-state index contributed by atoms with van der Waals surface area (Å²) in [6.45, 7) is 5.03. The lowest BCUT2D eigenvalue weighted by atomic mass is 9.95. The third kappa shape index (κ3) is 3.92. The van der Waals surface area contributed by atoms with E-state index >= 15 is 0 Å². The molecule has 3 aromatic rings. The summed E-state index contributed by atoms with van der Waals surface area (Å²) in [4.78, 5) is 28.8. The zero-order chi connectivity index (χ0) is 22.9. The average Bonchev–Trinajstić information content (AvgIpc) is 3.27. The van der Waals surface area contributed by atoms with Gasteiger partial charge in [-0.05, 0) is 35.4 Å². The van der Waals surface area contributed by atoms with E-state index in [-0.39, 0.29) is 5.91 Å². The summed E-state index contributed by atoms with van der Waals surface area (Å²) in [5.74, 6) is 0.838. The Morgan fingerprint density at radius 1 is 1.00 bits per heavy atom. The number of carbonyl (C=O) groups is 1. The Morgan fingerprint density at radius 2 is 1.79 bits per heavy atom. The van der Waals surface area contributed by atoms with E-state index in [1.54, 1.807) is 19.2 Å². The minimum atomic E-state index is -0.568. The van der Waals surface area contributed by atoms with Crippen molar-refractivity contribution in [2.75, 3.05) is 38.2 Å². The first-order valence-electron chi connectivity index (χ1n) is 10.9. The number of halogens is 1. The monoisotopic (exact) mass is 445 g/mol. The maximum absolute atomic E-state index is 14.6. The minimum absolute atomic E-state index is 0.103. The van der Waals surface area contributed by atoms with Crippen molar-refractivity contribution in [2.45, 2.75) is 13.5 Å². The topological polar surface area (TPSA) is 70.9 Å². The van der Waals surface area contributed by atoms with Crippen LogP contribution in [0.15, 0.2) is 53.8 Å². The number of rotatable bonds is 4. The van der Waals surface area contributed by atoms with Crippen LogP contribution in [0.1, 0.15) is 23.6 Å². The highest BCUT2D eigenvalue weighted by molar-refractivity contribution is 6.16. The fourth-order valence-corrected chi connectivity index (χ4v) is 4.43. The standard InChI is InChI=1S/C25H24FN5O2/c1-16(32)30-9-11-31(12-10-30)22-14-18(5-7-27-22)24-20-13-17(3-4-19(20)15-29-24)23-21(33-2)6-8-28-25(23)26/h3-8,13-14H,9-12,15H2,1-2H3. The van der Waals surface area contributed by atoms with E-state index in [0.717, 1.165) is 41.3 Å². The highest BCUT2D eigenvalue weighted by atomic mass is 19.1. The van der Waals surface area contributed by atoms with Crippen molar-refractivity contribution in [3.63, 3.8) is 0 Å². The van der Waals surface area contributed by atoms with E-state index in [1.807, 2.05) is 35.2 Å². The zero-order valence-electron chi connectivity index (χ0n) is 18.6. The number of anilines is 1. The molecule has 8 heteroatoms. The van der Waals surface area contributed by atoms with E-state index in [2.05, 4.69) is 14.9 Å². The number of hydrogen-bond donors (Lipinski definition) is 0. The average molecular weight is 445 g/mol. The van der Waals surface area contributed by atoms with Gasteiger partial charge in [-0.15, -0.1) is 0 Å². The normalized spacial score (nSPS) is 15.3. The zero-order valence-corrected chi connectivity index (χ0v) is 18.6. The lowest BCUT2D eigenvalue weighted by Crippen LogP contribution is -2.48. The van der Waals surface area contributed by atoms with Crippen molar-refractivity contribution in [1.29, 1.82) is 0 Å². The van der Waals surface area contributed by atoms with Crippen LogP contribution in [-0.4, -0.2) is 59.8 Å². The number of hydrogen-bond acceptors (Lipinski definition) is 6. The molecule has 1 aromatic carbocycles. The third-order valence-corrected chi connectivity index (χ3v) is 6.22. The van der Waals surface area contributed by atoms with Gasteiger partial charge in [0.25, 0.3) is 0 Å². The number of benzene rings is 1. The second kappa shape index (κ2) is 8.61. The molecule has 0 radical (unpaired) electrons. The first kappa shape index (κ1) is 21.1. The van der Waals surface area contributed by atoms with Crippen LogP contribution in [0.4, 0.5) is 10.2 Å². The fraction of sp³-hybridized carbons (Fsp3) is 0.280. The third-order valence-electron chi connectivity index (χ3n) is 6.22.